The molecule has 21 heteroatoms. The van der Waals surface area contributed by atoms with Crippen molar-refractivity contribution >= 4 is 61.2 Å². The van der Waals surface area contributed by atoms with E-state index in [2.05, 4.69) is 30.6 Å². The van der Waals surface area contributed by atoms with E-state index in [0.717, 1.165) is 30.6 Å². The molecule has 1 amide bonds. The first-order chi connectivity index (χ1) is 25.0. The largest absolute Gasteiger partial charge is 0.465 e. The molecule has 1 atom stereocenters. The molecule has 288 valence electrons. The Morgan fingerprint density at radius 3 is 1.67 bits per heavy atom. The molecule has 1 unspecified atom stereocenters. The Kier molecular flexibility index (Phi) is 13.5. The Balaban J connectivity index is 0.000000244. The van der Waals surface area contributed by atoms with Crippen LogP contribution in [0.3, 0.4) is 0 Å². The number of pyridine rings is 2. The quantitative estimate of drug-likeness (QED) is 0.127. The summed E-state index contributed by atoms with van der Waals surface area (Å²) in [5, 5.41) is 17.7. The molecule has 6 aromatic heterocycles. The van der Waals surface area contributed by atoms with Gasteiger partial charge in [0.15, 0.2) is 0 Å². The lowest BCUT2D eigenvalue weighted by atomic mass is 9.83. The second-order valence-electron chi connectivity index (χ2n) is 12.5. The van der Waals surface area contributed by atoms with Crippen LogP contribution in [-0.4, -0.2) is 69.0 Å². The van der Waals surface area contributed by atoms with Gasteiger partial charge in [-0.15, -0.1) is 35.1 Å². The summed E-state index contributed by atoms with van der Waals surface area (Å²) < 4.78 is 82.1. The molecule has 0 saturated heterocycles. The van der Waals surface area contributed by atoms with E-state index in [-0.39, 0.29) is 50.0 Å². The zero-order valence-electron chi connectivity index (χ0n) is 29.0. The minimum Gasteiger partial charge on any atom is -0.465 e. The summed E-state index contributed by atoms with van der Waals surface area (Å²) in [4.78, 5) is 26.2. The molecule has 3 N–H and O–H groups in total. The number of nitrogens with zero attached hydrogens (tertiary/aromatic N) is 6. The van der Waals surface area contributed by atoms with Crippen LogP contribution >= 0.6 is 35.1 Å². The number of hydrogen-bond acceptors (Lipinski definition) is 12. The summed E-state index contributed by atoms with van der Waals surface area (Å²) in [7, 11) is -6.21. The molecule has 0 spiro atoms. The van der Waals surface area contributed by atoms with Crippen molar-refractivity contribution in [2.75, 3.05) is 7.05 Å². The highest BCUT2D eigenvalue weighted by molar-refractivity contribution is 7.92. The number of carbonyl (C=O) groups is 1. The molecule has 0 aromatic carbocycles. The average molecular weight is 841 g/mol. The van der Waals surface area contributed by atoms with Gasteiger partial charge < -0.3 is 15.7 Å². The van der Waals surface area contributed by atoms with Crippen LogP contribution in [0.25, 0.3) is 22.5 Å². The zero-order chi connectivity index (χ0) is 38.6. The number of aromatic nitrogens is 6. The van der Waals surface area contributed by atoms with Gasteiger partial charge in [0.05, 0.1) is 22.5 Å². The maximum atomic E-state index is 14.4. The monoisotopic (exact) mass is 840 g/mol. The minimum absolute atomic E-state index is 0. The molecule has 0 aliphatic heterocycles. The minimum atomic E-state index is -4.07. The molecule has 54 heavy (non-hydrogen) atoms. The molecule has 6 aromatic rings. The third kappa shape index (κ3) is 9.36. The number of carboxylic acid groups (broad SMARTS) is 1. The van der Waals surface area contributed by atoms with Gasteiger partial charge >= 0.3 is 6.09 Å². The van der Waals surface area contributed by atoms with Gasteiger partial charge in [-0.05, 0) is 66.4 Å². The van der Waals surface area contributed by atoms with Crippen molar-refractivity contribution in [3.63, 3.8) is 0 Å². The summed E-state index contributed by atoms with van der Waals surface area (Å²) in [5.41, 5.74) is 1.25. The third-order valence-corrected chi connectivity index (χ3v) is 13.4. The van der Waals surface area contributed by atoms with Crippen LogP contribution in [0.5, 0.6) is 0 Å². The molecular formula is C33H35ClF2N8O6S4. The zero-order valence-corrected chi connectivity index (χ0v) is 33.1. The van der Waals surface area contributed by atoms with Crippen LogP contribution in [0.1, 0.15) is 31.9 Å². The van der Waals surface area contributed by atoms with E-state index in [1.807, 2.05) is 20.8 Å². The molecule has 0 saturated carbocycles. The number of amides is 1. The predicted octanol–water partition coefficient (Wildman–Crippen LogP) is 6.13. The van der Waals surface area contributed by atoms with Crippen molar-refractivity contribution in [3.8, 4) is 22.5 Å². The predicted molar refractivity (Wildman–Crippen MR) is 203 cm³/mol. The Labute approximate surface area is 324 Å². The van der Waals surface area contributed by atoms with Crippen molar-refractivity contribution in [1.29, 1.82) is 0 Å². The van der Waals surface area contributed by atoms with E-state index in [0.29, 0.717) is 17.7 Å². The summed E-state index contributed by atoms with van der Waals surface area (Å²) in [5.74, 6) is -1.54. The fourth-order valence-electron chi connectivity index (χ4n) is 5.15. The van der Waals surface area contributed by atoms with Crippen molar-refractivity contribution in [2.45, 2.75) is 48.5 Å². The Hall–Kier alpha value is -4.60. The first-order valence-electron chi connectivity index (χ1n) is 15.6. The van der Waals surface area contributed by atoms with Crippen LogP contribution in [0.2, 0.25) is 0 Å². The van der Waals surface area contributed by atoms with Gasteiger partial charge in [0.2, 0.25) is 20.6 Å². The van der Waals surface area contributed by atoms with E-state index in [1.165, 1.54) is 66.8 Å². The first kappa shape index (κ1) is 42.1. The number of rotatable bonds is 11. The Morgan fingerprint density at radius 2 is 1.28 bits per heavy atom. The second kappa shape index (κ2) is 17.2. The first-order valence-corrected chi connectivity index (χ1v) is 20.3. The number of halogens is 3. The van der Waals surface area contributed by atoms with Crippen molar-refractivity contribution in [3.05, 3.63) is 107 Å². The van der Waals surface area contributed by atoms with Gasteiger partial charge in [-0.2, -0.15) is 25.6 Å². The molecule has 0 aliphatic rings. The molecular weight excluding hydrogens is 806 g/mol. The topological polar surface area (TPSA) is 191 Å². The summed E-state index contributed by atoms with van der Waals surface area (Å²) in [6, 6.07) is 8.66. The fraction of sp³-hybridized carbons (Fsp3) is 0.242. The van der Waals surface area contributed by atoms with E-state index >= 15 is 0 Å². The van der Waals surface area contributed by atoms with Gasteiger partial charge in [0.25, 0.3) is 20.0 Å². The van der Waals surface area contributed by atoms with E-state index < -0.39 is 49.5 Å². The molecule has 14 nitrogen and oxygen atoms in total. The molecule has 0 radical (unpaired) electrons. The lowest BCUT2D eigenvalue weighted by Crippen LogP contribution is -2.44. The lowest BCUT2D eigenvalue weighted by molar-refractivity contribution is 0.174. The smallest absolute Gasteiger partial charge is 0.404 e. The van der Waals surface area contributed by atoms with Gasteiger partial charge in [0, 0.05) is 60.5 Å². The number of hydrogen-bond donors (Lipinski definition) is 3. The second-order valence-corrected chi connectivity index (χ2v) is 18.2. The molecule has 0 aliphatic carbocycles. The van der Waals surface area contributed by atoms with E-state index in [4.69, 9.17) is 0 Å². The Morgan fingerprint density at radius 1 is 0.815 bits per heavy atom. The highest BCUT2D eigenvalue weighted by Crippen LogP contribution is 2.32. The van der Waals surface area contributed by atoms with Gasteiger partial charge in [-0.1, -0.05) is 20.8 Å². The fourth-order valence-corrected chi connectivity index (χ4v) is 9.75. The van der Waals surface area contributed by atoms with Crippen molar-refractivity contribution < 1.29 is 35.5 Å². The lowest BCUT2D eigenvalue weighted by Gasteiger charge is -2.30. The highest BCUT2D eigenvalue weighted by Gasteiger charge is 2.30. The normalized spacial score (nSPS) is 12.3. The summed E-state index contributed by atoms with van der Waals surface area (Å²) >= 11 is 1.96. The maximum Gasteiger partial charge on any atom is 0.404 e. The van der Waals surface area contributed by atoms with Gasteiger partial charge in [-0.3, -0.25) is 0 Å². The van der Waals surface area contributed by atoms with Gasteiger partial charge in [-0.25, -0.2) is 32.7 Å². The van der Waals surface area contributed by atoms with E-state index in [1.54, 1.807) is 24.6 Å². The average Bonchev–Trinajstić information content (AvgIpc) is 3.93. The molecule has 6 heterocycles. The number of nitrogens with one attached hydrogen (secondary N) is 2. The van der Waals surface area contributed by atoms with Crippen molar-refractivity contribution in [1.82, 2.24) is 38.5 Å². The van der Waals surface area contributed by atoms with Crippen LogP contribution in [0.4, 0.5) is 13.6 Å². The van der Waals surface area contributed by atoms with Crippen LogP contribution < -0.4 is 10.6 Å². The number of thiazole rings is 2. The van der Waals surface area contributed by atoms with Crippen molar-refractivity contribution in [2.24, 2.45) is 5.41 Å². The molecule has 0 bridgehead atoms. The maximum absolute atomic E-state index is 14.4. The Bertz CT molecular complexity index is 2420. The van der Waals surface area contributed by atoms with Crippen LogP contribution in [-0.2, 0) is 33.0 Å². The molecule has 0 fully saturated rings. The standard InChI is InChI=1S/C19H21FN4O4S2.C14H13FN4O2S2.ClH/c1-19(2,3)15(23-17(25)26)10-12-9-14(13-5-4-6-21-16(13)20)24(11-12)30(27,28)18-22-7-8-29-18;1-16-8-10-7-12(11-3-2-4-17-13(11)15)19(9-10)23(20,21)14-18-5-6-22-14;/h4-9,11,15,23H,10H2,1-3H3,(H,25,26);2-7,9,16H,8H2,1H3;1H. The summed E-state index contributed by atoms with van der Waals surface area (Å²) in [6.07, 6.45) is 7.26. The van der Waals surface area contributed by atoms with Gasteiger partial charge in [0.1, 0.15) is 0 Å². The van der Waals surface area contributed by atoms with E-state index in [9.17, 15) is 35.5 Å². The SMILES string of the molecule is CC(C)(C)C(Cc1cc(-c2cccnc2F)n(S(=O)(=O)c2nccs2)c1)NC(=O)O.CNCc1cc(-c2cccnc2F)n(S(=O)(=O)c2nccs2)c1.Cl. The third-order valence-electron chi connectivity index (χ3n) is 7.70. The highest BCUT2D eigenvalue weighted by atomic mass is 35.5. The summed E-state index contributed by atoms with van der Waals surface area (Å²) in [6.45, 7) is 6.07. The van der Waals surface area contributed by atoms with Crippen LogP contribution in [0.15, 0.2) is 93.0 Å². The molecule has 6 rings (SSSR count). The van der Waals surface area contributed by atoms with Crippen LogP contribution in [0, 0.1) is 17.3 Å².